The molecule has 1 fully saturated rings. The second kappa shape index (κ2) is 7.61. The third-order valence-corrected chi connectivity index (χ3v) is 5.11. The summed E-state index contributed by atoms with van der Waals surface area (Å²) in [5, 5.41) is 2.70. The van der Waals surface area contributed by atoms with Gasteiger partial charge in [-0.2, -0.15) is 0 Å². The van der Waals surface area contributed by atoms with Crippen molar-refractivity contribution >= 4 is 41.2 Å². The number of hydrogen-bond acceptors (Lipinski definition) is 4. The van der Waals surface area contributed by atoms with E-state index in [4.69, 9.17) is 11.6 Å². The van der Waals surface area contributed by atoms with Gasteiger partial charge in [-0.25, -0.2) is 9.69 Å². The fraction of sp³-hybridized carbons (Fsp3) is 0.0909. The van der Waals surface area contributed by atoms with Gasteiger partial charge in [-0.15, -0.1) is 0 Å². The van der Waals surface area contributed by atoms with Crippen LogP contribution in [0.15, 0.2) is 60.4 Å². The molecule has 0 bridgehead atoms. The number of carbonyl (C=O) groups is 3. The van der Waals surface area contributed by atoms with Gasteiger partial charge in [0.05, 0.1) is 17.6 Å². The Morgan fingerprint density at radius 1 is 1.03 bits per heavy atom. The van der Waals surface area contributed by atoms with Gasteiger partial charge in [0, 0.05) is 22.6 Å². The highest BCUT2D eigenvalue weighted by molar-refractivity contribution is 6.39. The molecule has 4 rings (SSSR count). The van der Waals surface area contributed by atoms with Gasteiger partial charge in [0.15, 0.2) is 0 Å². The number of barbiturate groups is 1. The molecule has 1 N–H and O–H groups in total. The molecule has 3 heterocycles. The second-order valence-corrected chi connectivity index (χ2v) is 7.24. The van der Waals surface area contributed by atoms with E-state index >= 15 is 0 Å². The standard InChI is InChI=1S/C22H17ClN4O3/c1-13-10-15(14(2)26(13)18-4-3-9-24-12-18)11-19-20(28)25-22(30)27(21(19)29)17-7-5-16(23)6-8-17/h3-12H,1-2H3,(H,25,28,30). The highest BCUT2D eigenvalue weighted by atomic mass is 35.5. The van der Waals surface area contributed by atoms with Crippen molar-refractivity contribution in [1.29, 1.82) is 0 Å². The maximum Gasteiger partial charge on any atom is 0.335 e. The molecule has 1 saturated heterocycles. The third-order valence-electron chi connectivity index (χ3n) is 4.86. The van der Waals surface area contributed by atoms with Gasteiger partial charge in [0.25, 0.3) is 11.8 Å². The highest BCUT2D eigenvalue weighted by Gasteiger charge is 2.37. The molecule has 1 aliphatic rings. The van der Waals surface area contributed by atoms with E-state index in [1.165, 1.54) is 6.08 Å². The molecule has 2 aromatic heterocycles. The lowest BCUT2D eigenvalue weighted by Crippen LogP contribution is -2.54. The van der Waals surface area contributed by atoms with E-state index in [0.29, 0.717) is 16.3 Å². The molecule has 30 heavy (non-hydrogen) atoms. The molecule has 8 heteroatoms. The van der Waals surface area contributed by atoms with E-state index in [9.17, 15) is 14.4 Å². The molecule has 150 valence electrons. The largest absolute Gasteiger partial charge is 0.335 e. The first-order valence-electron chi connectivity index (χ1n) is 9.13. The first-order valence-corrected chi connectivity index (χ1v) is 9.51. The number of nitrogens with one attached hydrogen (secondary N) is 1. The Bertz CT molecular complexity index is 1200. The number of rotatable bonds is 3. The lowest BCUT2D eigenvalue weighted by atomic mass is 10.1. The van der Waals surface area contributed by atoms with Crippen molar-refractivity contribution in [2.45, 2.75) is 13.8 Å². The number of halogens is 1. The molecular weight excluding hydrogens is 404 g/mol. The van der Waals surface area contributed by atoms with Gasteiger partial charge in [0.1, 0.15) is 5.57 Å². The number of aryl methyl sites for hydroxylation is 1. The lowest BCUT2D eigenvalue weighted by molar-refractivity contribution is -0.122. The van der Waals surface area contributed by atoms with E-state index in [0.717, 1.165) is 22.0 Å². The molecule has 0 aliphatic carbocycles. The number of urea groups is 1. The Balaban J connectivity index is 1.76. The maximum absolute atomic E-state index is 13.0. The molecule has 0 unspecified atom stereocenters. The topological polar surface area (TPSA) is 84.3 Å². The van der Waals surface area contributed by atoms with Crippen LogP contribution in [0.25, 0.3) is 11.8 Å². The quantitative estimate of drug-likeness (QED) is 0.515. The summed E-state index contributed by atoms with van der Waals surface area (Å²) in [6, 6.07) is 11.0. The van der Waals surface area contributed by atoms with Crippen LogP contribution in [-0.2, 0) is 9.59 Å². The molecule has 0 spiro atoms. The average molecular weight is 421 g/mol. The first-order chi connectivity index (χ1) is 14.4. The van der Waals surface area contributed by atoms with Crippen LogP contribution in [0, 0.1) is 13.8 Å². The van der Waals surface area contributed by atoms with Gasteiger partial charge in [0.2, 0.25) is 0 Å². The summed E-state index contributed by atoms with van der Waals surface area (Å²) in [6.45, 7) is 3.81. The van der Waals surface area contributed by atoms with Crippen molar-refractivity contribution < 1.29 is 14.4 Å². The Labute approximate surface area is 177 Å². The van der Waals surface area contributed by atoms with Crippen molar-refractivity contribution in [2.24, 2.45) is 0 Å². The van der Waals surface area contributed by atoms with Gasteiger partial charge in [-0.1, -0.05) is 11.6 Å². The van der Waals surface area contributed by atoms with Crippen LogP contribution in [0.1, 0.15) is 17.0 Å². The van der Waals surface area contributed by atoms with Crippen LogP contribution in [0.5, 0.6) is 0 Å². The number of hydrogen-bond donors (Lipinski definition) is 1. The minimum atomic E-state index is -0.801. The number of nitrogens with zero attached hydrogens (tertiary/aromatic N) is 3. The first kappa shape index (κ1) is 19.6. The zero-order valence-electron chi connectivity index (χ0n) is 16.2. The highest BCUT2D eigenvalue weighted by Crippen LogP contribution is 2.26. The van der Waals surface area contributed by atoms with Crippen molar-refractivity contribution in [2.75, 3.05) is 4.90 Å². The number of anilines is 1. The average Bonchev–Trinajstić information content (AvgIpc) is 3.00. The van der Waals surface area contributed by atoms with Gasteiger partial charge in [-0.05, 0) is 68.0 Å². The summed E-state index contributed by atoms with van der Waals surface area (Å²) >= 11 is 5.89. The number of pyridine rings is 1. The minimum Gasteiger partial charge on any atom is -0.316 e. The molecule has 0 saturated carbocycles. The SMILES string of the molecule is Cc1cc(C=C2C(=O)NC(=O)N(c3ccc(Cl)cc3)C2=O)c(C)n1-c1cccnc1. The van der Waals surface area contributed by atoms with Crippen LogP contribution in [0.2, 0.25) is 5.02 Å². The van der Waals surface area contributed by atoms with Gasteiger partial charge < -0.3 is 4.57 Å². The molecule has 7 nitrogen and oxygen atoms in total. The Hall–Kier alpha value is -3.71. The number of imide groups is 2. The Morgan fingerprint density at radius 2 is 1.77 bits per heavy atom. The number of amides is 4. The summed E-state index contributed by atoms with van der Waals surface area (Å²) < 4.78 is 1.98. The van der Waals surface area contributed by atoms with Crippen molar-refractivity contribution in [3.8, 4) is 5.69 Å². The van der Waals surface area contributed by atoms with E-state index in [2.05, 4.69) is 10.3 Å². The van der Waals surface area contributed by atoms with Crippen molar-refractivity contribution in [1.82, 2.24) is 14.9 Å². The third kappa shape index (κ3) is 3.40. The van der Waals surface area contributed by atoms with Gasteiger partial charge >= 0.3 is 6.03 Å². The molecule has 4 amide bonds. The molecule has 0 radical (unpaired) electrons. The van der Waals surface area contributed by atoms with Gasteiger partial charge in [-0.3, -0.25) is 19.9 Å². The summed E-state index contributed by atoms with van der Waals surface area (Å²) in [4.78, 5) is 42.8. The molecule has 3 aromatic rings. The zero-order valence-corrected chi connectivity index (χ0v) is 17.0. The number of aromatic nitrogens is 2. The Morgan fingerprint density at radius 3 is 2.43 bits per heavy atom. The smallest absolute Gasteiger partial charge is 0.316 e. The second-order valence-electron chi connectivity index (χ2n) is 6.81. The molecule has 0 atom stereocenters. The van der Waals surface area contributed by atoms with Crippen LogP contribution in [0.3, 0.4) is 0 Å². The number of benzene rings is 1. The molecule has 1 aliphatic heterocycles. The molecular formula is C22H17ClN4O3. The maximum atomic E-state index is 13.0. The fourth-order valence-electron chi connectivity index (χ4n) is 3.45. The summed E-state index contributed by atoms with van der Waals surface area (Å²) in [6.07, 6.45) is 4.92. The minimum absolute atomic E-state index is 0.129. The lowest BCUT2D eigenvalue weighted by Gasteiger charge is -2.26. The predicted octanol–water partition coefficient (Wildman–Crippen LogP) is 3.81. The monoisotopic (exact) mass is 420 g/mol. The normalized spacial score (nSPS) is 15.6. The van der Waals surface area contributed by atoms with E-state index in [-0.39, 0.29) is 5.57 Å². The Kier molecular flexibility index (Phi) is 4.97. The van der Waals surface area contributed by atoms with E-state index in [1.807, 2.05) is 36.6 Å². The van der Waals surface area contributed by atoms with Crippen LogP contribution in [0.4, 0.5) is 10.5 Å². The summed E-state index contributed by atoms with van der Waals surface area (Å²) in [5.41, 5.74) is 3.51. The van der Waals surface area contributed by atoms with Crippen molar-refractivity contribution in [3.63, 3.8) is 0 Å². The summed E-state index contributed by atoms with van der Waals surface area (Å²) in [5.74, 6) is -1.43. The van der Waals surface area contributed by atoms with Crippen molar-refractivity contribution in [3.05, 3.63) is 82.4 Å². The van der Waals surface area contributed by atoms with Crippen LogP contribution in [-0.4, -0.2) is 27.4 Å². The summed E-state index contributed by atoms with van der Waals surface area (Å²) in [7, 11) is 0. The predicted molar refractivity (Wildman–Crippen MR) is 113 cm³/mol. The van der Waals surface area contributed by atoms with Crippen LogP contribution >= 0.6 is 11.6 Å². The van der Waals surface area contributed by atoms with E-state index in [1.54, 1.807) is 36.7 Å². The fourth-order valence-corrected chi connectivity index (χ4v) is 3.58. The zero-order chi connectivity index (χ0) is 21.4. The van der Waals surface area contributed by atoms with E-state index < -0.39 is 17.8 Å². The van der Waals surface area contributed by atoms with Crippen LogP contribution < -0.4 is 10.2 Å². The number of carbonyl (C=O) groups excluding carboxylic acids is 3. The molecule has 1 aromatic carbocycles.